The van der Waals surface area contributed by atoms with Crippen molar-refractivity contribution in [2.24, 2.45) is 0 Å². The van der Waals surface area contributed by atoms with Gasteiger partial charge < -0.3 is 15.4 Å². The first-order valence-corrected chi connectivity index (χ1v) is 11.3. The maximum atomic E-state index is 6.22. The van der Waals surface area contributed by atoms with E-state index in [0.29, 0.717) is 16.7 Å². The number of nitrogens with one attached hydrogen (secondary N) is 2. The number of pyridine rings is 1. The fraction of sp³-hybridized carbons (Fsp3) is 0.143. The van der Waals surface area contributed by atoms with Crippen LogP contribution in [0.4, 0.5) is 11.4 Å². The summed E-state index contributed by atoms with van der Waals surface area (Å²) in [5, 5.41) is 6.91. The first-order valence-electron chi connectivity index (χ1n) is 10.9. The molecule has 3 aromatic carbocycles. The third-order valence-electron chi connectivity index (χ3n) is 5.17. The van der Waals surface area contributed by atoms with E-state index in [1.165, 1.54) is 5.56 Å². The lowest BCUT2D eigenvalue weighted by molar-refractivity contribution is 0.442. The number of nitrogens with zero attached hydrogens (tertiary/aromatic N) is 1. The topological polar surface area (TPSA) is 46.2 Å². The van der Waals surface area contributed by atoms with Gasteiger partial charge in [-0.05, 0) is 59.1 Å². The number of hydrogen-bond donors (Lipinski definition) is 2. The van der Waals surface area contributed by atoms with E-state index in [1.54, 1.807) is 6.20 Å². The summed E-state index contributed by atoms with van der Waals surface area (Å²) >= 11 is 5.55. The number of benzene rings is 3. The summed E-state index contributed by atoms with van der Waals surface area (Å²) < 4.78 is 6.22. The minimum atomic E-state index is -0.0538. The predicted molar refractivity (Wildman–Crippen MR) is 141 cm³/mol. The molecule has 4 nitrogen and oxygen atoms in total. The van der Waals surface area contributed by atoms with Gasteiger partial charge in [0.05, 0.1) is 0 Å². The maximum absolute atomic E-state index is 6.22. The number of aromatic nitrogens is 1. The highest BCUT2D eigenvalue weighted by Gasteiger charge is 2.20. The summed E-state index contributed by atoms with van der Waals surface area (Å²) in [7, 11) is 0. The second-order valence-corrected chi connectivity index (χ2v) is 9.14. The van der Waals surface area contributed by atoms with Crippen LogP contribution in [-0.2, 0) is 5.41 Å². The van der Waals surface area contributed by atoms with Crippen molar-refractivity contribution in [3.63, 3.8) is 0 Å². The second-order valence-electron chi connectivity index (χ2n) is 8.73. The van der Waals surface area contributed by atoms with Gasteiger partial charge in [-0.1, -0.05) is 81.4 Å². The van der Waals surface area contributed by atoms with Crippen molar-refractivity contribution in [2.45, 2.75) is 26.2 Å². The van der Waals surface area contributed by atoms with Crippen LogP contribution in [-0.4, -0.2) is 10.1 Å². The molecule has 4 aromatic rings. The van der Waals surface area contributed by atoms with Crippen LogP contribution < -0.4 is 15.4 Å². The normalized spacial score (nSPS) is 11.0. The van der Waals surface area contributed by atoms with Gasteiger partial charge in [0.2, 0.25) is 5.88 Å². The highest BCUT2D eigenvalue weighted by atomic mass is 32.1. The Kier molecular flexibility index (Phi) is 6.71. The first kappa shape index (κ1) is 22.5. The van der Waals surface area contributed by atoms with Crippen molar-refractivity contribution in [3.05, 3.63) is 103 Å². The van der Waals surface area contributed by atoms with Crippen molar-refractivity contribution >= 4 is 28.7 Å². The van der Waals surface area contributed by atoms with Crippen LogP contribution in [0.2, 0.25) is 0 Å². The average Bonchev–Trinajstić information content (AvgIpc) is 2.81. The Morgan fingerprint density at radius 3 is 2.15 bits per heavy atom. The monoisotopic (exact) mass is 453 g/mol. The van der Waals surface area contributed by atoms with Gasteiger partial charge in [0.15, 0.2) is 5.11 Å². The highest BCUT2D eigenvalue weighted by molar-refractivity contribution is 7.80. The van der Waals surface area contributed by atoms with Crippen molar-refractivity contribution < 1.29 is 4.74 Å². The molecule has 0 aliphatic rings. The van der Waals surface area contributed by atoms with Crippen LogP contribution >= 0.6 is 12.2 Å². The Morgan fingerprint density at radius 1 is 0.758 bits per heavy atom. The van der Waals surface area contributed by atoms with E-state index < -0.39 is 0 Å². The molecule has 0 fully saturated rings. The van der Waals surface area contributed by atoms with Crippen molar-refractivity contribution in [3.8, 4) is 22.8 Å². The van der Waals surface area contributed by atoms with Crippen LogP contribution in [0, 0.1) is 0 Å². The summed E-state index contributed by atoms with van der Waals surface area (Å²) in [6.07, 6.45) is 1.71. The SMILES string of the molecule is CC(C)(C)c1ccccc1Oc1ncccc1NC(=S)Nc1ccc(-c2ccccc2)cc1. The third kappa shape index (κ3) is 5.76. The van der Waals surface area contributed by atoms with Crippen molar-refractivity contribution in [1.82, 2.24) is 4.98 Å². The summed E-state index contributed by atoms with van der Waals surface area (Å²) in [6.45, 7) is 6.48. The van der Waals surface area contributed by atoms with Gasteiger partial charge >= 0.3 is 0 Å². The number of para-hydroxylation sites is 1. The number of rotatable bonds is 5. The molecule has 0 saturated heterocycles. The molecule has 2 N–H and O–H groups in total. The molecule has 0 aliphatic heterocycles. The molecule has 4 rings (SSSR count). The van der Waals surface area contributed by atoms with Gasteiger partial charge in [-0.15, -0.1) is 0 Å². The molecule has 1 heterocycles. The molecular formula is C28H27N3OS. The molecule has 0 saturated carbocycles. The zero-order valence-corrected chi connectivity index (χ0v) is 19.8. The summed E-state index contributed by atoms with van der Waals surface area (Å²) in [5.41, 5.74) is 4.98. The Balaban J connectivity index is 1.47. The Bertz CT molecular complexity index is 1230. The minimum Gasteiger partial charge on any atom is -0.437 e. The number of anilines is 2. The standard InChI is InChI=1S/C28H27N3OS/c1-28(2,3)23-12-7-8-14-25(23)32-26-24(13-9-19-29-26)31-27(33)30-22-17-15-21(16-18-22)20-10-5-4-6-11-20/h4-19H,1-3H3,(H2,30,31,33). The van der Waals surface area contributed by atoms with E-state index in [2.05, 4.69) is 66.7 Å². The quantitative estimate of drug-likeness (QED) is 0.304. The molecule has 0 spiro atoms. The maximum Gasteiger partial charge on any atom is 0.243 e. The van der Waals surface area contributed by atoms with E-state index in [4.69, 9.17) is 17.0 Å². The van der Waals surface area contributed by atoms with Crippen molar-refractivity contribution in [2.75, 3.05) is 10.6 Å². The lowest BCUT2D eigenvalue weighted by atomic mass is 9.86. The van der Waals surface area contributed by atoms with E-state index in [1.807, 2.05) is 60.7 Å². The zero-order chi connectivity index (χ0) is 23.3. The lowest BCUT2D eigenvalue weighted by Crippen LogP contribution is -2.19. The molecule has 0 unspecified atom stereocenters. The molecular weight excluding hydrogens is 426 g/mol. The highest BCUT2D eigenvalue weighted by Crippen LogP contribution is 2.35. The number of thiocarbonyl (C=S) groups is 1. The van der Waals surface area contributed by atoms with Gasteiger partial charge in [-0.25, -0.2) is 4.98 Å². The van der Waals surface area contributed by atoms with Crippen LogP contribution in [0.1, 0.15) is 26.3 Å². The van der Waals surface area contributed by atoms with Crippen LogP contribution in [0.15, 0.2) is 97.2 Å². The molecule has 0 aliphatic carbocycles. The van der Waals surface area contributed by atoms with Gasteiger partial charge in [0.1, 0.15) is 11.4 Å². The molecule has 0 radical (unpaired) electrons. The van der Waals surface area contributed by atoms with E-state index in [-0.39, 0.29) is 5.41 Å². The molecule has 1 aromatic heterocycles. The predicted octanol–water partition coefficient (Wildman–Crippen LogP) is 7.65. The average molecular weight is 454 g/mol. The van der Waals surface area contributed by atoms with E-state index in [9.17, 15) is 0 Å². The van der Waals surface area contributed by atoms with Crippen LogP contribution in [0.25, 0.3) is 11.1 Å². The molecule has 33 heavy (non-hydrogen) atoms. The van der Waals surface area contributed by atoms with Gasteiger partial charge in [0, 0.05) is 17.4 Å². The molecule has 0 atom stereocenters. The Hall–Kier alpha value is -3.70. The van der Waals surface area contributed by atoms with Gasteiger partial charge in [-0.2, -0.15) is 0 Å². The molecule has 166 valence electrons. The lowest BCUT2D eigenvalue weighted by Gasteiger charge is -2.23. The summed E-state index contributed by atoms with van der Waals surface area (Å²) in [4.78, 5) is 4.43. The minimum absolute atomic E-state index is 0.0538. The van der Waals surface area contributed by atoms with Crippen LogP contribution in [0.3, 0.4) is 0 Å². The second kappa shape index (κ2) is 9.84. The van der Waals surface area contributed by atoms with Crippen LogP contribution in [0.5, 0.6) is 11.6 Å². The van der Waals surface area contributed by atoms with Gasteiger partial charge in [0.25, 0.3) is 0 Å². The molecule has 0 bridgehead atoms. The van der Waals surface area contributed by atoms with E-state index >= 15 is 0 Å². The zero-order valence-electron chi connectivity index (χ0n) is 19.0. The fourth-order valence-electron chi connectivity index (χ4n) is 3.51. The number of ether oxygens (including phenoxy) is 1. The van der Waals surface area contributed by atoms with E-state index in [0.717, 1.165) is 22.6 Å². The Morgan fingerprint density at radius 2 is 1.42 bits per heavy atom. The number of hydrogen-bond acceptors (Lipinski definition) is 3. The third-order valence-corrected chi connectivity index (χ3v) is 5.38. The summed E-state index contributed by atoms with van der Waals surface area (Å²) in [5.74, 6) is 1.25. The molecule has 5 heteroatoms. The fourth-order valence-corrected chi connectivity index (χ4v) is 3.74. The first-order chi connectivity index (χ1) is 15.9. The molecule has 0 amide bonds. The Labute approximate surface area is 200 Å². The summed E-state index contributed by atoms with van der Waals surface area (Å²) in [6, 6.07) is 30.2. The van der Waals surface area contributed by atoms with Crippen molar-refractivity contribution in [1.29, 1.82) is 0 Å². The smallest absolute Gasteiger partial charge is 0.243 e. The largest absolute Gasteiger partial charge is 0.437 e. The van der Waals surface area contributed by atoms with Gasteiger partial charge in [-0.3, -0.25) is 0 Å².